The fraction of sp³-hybridized carbons (Fsp3) is 0.143. The molecule has 1 aromatic carbocycles. The third kappa shape index (κ3) is 1.02. The van der Waals surface area contributed by atoms with Gasteiger partial charge in [0.05, 0.1) is 0 Å². The summed E-state index contributed by atoms with van der Waals surface area (Å²) in [6.07, 6.45) is 1.96. The van der Waals surface area contributed by atoms with E-state index < -0.39 is 0 Å². The van der Waals surface area contributed by atoms with Gasteiger partial charge in [0.15, 0.2) is 0 Å². The molecule has 2 aromatic rings. The lowest BCUT2D eigenvalue weighted by molar-refractivity contribution is -0.782. The molecule has 62 valence electrons. The molecule has 1 aromatic heterocycles. The van der Waals surface area contributed by atoms with E-state index in [0.717, 1.165) is 4.90 Å². The van der Waals surface area contributed by atoms with Crippen molar-refractivity contribution in [1.29, 1.82) is 0 Å². The van der Waals surface area contributed by atoms with E-state index in [2.05, 4.69) is 9.79 Å². The van der Waals surface area contributed by atoms with Gasteiger partial charge in [0.2, 0.25) is 11.0 Å². The predicted molar refractivity (Wildman–Crippen MR) is 44.8 cm³/mol. The highest BCUT2D eigenvalue weighted by atomic mass is 32.2. The van der Waals surface area contributed by atoms with Crippen LogP contribution in [0.15, 0.2) is 27.7 Å². The Morgan fingerprint density at radius 2 is 2.42 bits per heavy atom. The van der Waals surface area contributed by atoms with Crippen molar-refractivity contribution >= 4 is 22.8 Å². The Morgan fingerprint density at radius 3 is 3.17 bits per heavy atom. The summed E-state index contributed by atoms with van der Waals surface area (Å²) in [4.78, 5) is 1.47. The molecule has 0 bridgehead atoms. The molecule has 2 rings (SSSR count). The second kappa shape index (κ2) is 2.67. The second-order valence-electron chi connectivity index (χ2n) is 2.28. The van der Waals surface area contributed by atoms with Crippen LogP contribution < -0.4 is 4.90 Å². The van der Waals surface area contributed by atoms with Crippen LogP contribution in [-0.4, -0.2) is 11.4 Å². The van der Waals surface area contributed by atoms with Gasteiger partial charge in [-0.3, -0.25) is 4.63 Å². The zero-order chi connectivity index (χ0) is 8.55. The van der Waals surface area contributed by atoms with Crippen LogP contribution in [-0.2, 0) is 0 Å². The monoisotopic (exact) mass is 182 g/mol. The van der Waals surface area contributed by atoms with Gasteiger partial charge in [-0.1, -0.05) is 0 Å². The highest BCUT2D eigenvalue weighted by Crippen LogP contribution is 2.18. The first-order valence-electron chi connectivity index (χ1n) is 3.35. The number of rotatable bonds is 1. The van der Waals surface area contributed by atoms with Gasteiger partial charge < -0.3 is 5.21 Å². The van der Waals surface area contributed by atoms with Crippen molar-refractivity contribution in [2.24, 2.45) is 0 Å². The van der Waals surface area contributed by atoms with Crippen molar-refractivity contribution < 1.29 is 9.53 Å². The van der Waals surface area contributed by atoms with E-state index in [4.69, 9.17) is 0 Å². The number of thioether (sulfide) groups is 1. The number of hydrogen-bond donors (Lipinski definition) is 0. The topological polar surface area (TPSA) is 53.0 Å². The second-order valence-corrected chi connectivity index (χ2v) is 3.16. The zero-order valence-corrected chi connectivity index (χ0v) is 7.17. The lowest BCUT2D eigenvalue weighted by atomic mass is 10.3. The van der Waals surface area contributed by atoms with Crippen molar-refractivity contribution in [3.05, 3.63) is 23.4 Å². The van der Waals surface area contributed by atoms with Crippen LogP contribution in [0.4, 0.5) is 0 Å². The van der Waals surface area contributed by atoms with Crippen LogP contribution in [0.5, 0.6) is 0 Å². The molecule has 12 heavy (non-hydrogen) atoms. The fourth-order valence-corrected chi connectivity index (χ4v) is 1.42. The maximum Gasteiger partial charge on any atom is 0.249 e. The van der Waals surface area contributed by atoms with Crippen molar-refractivity contribution in [3.8, 4) is 0 Å². The van der Waals surface area contributed by atoms with E-state index in [1.54, 1.807) is 17.8 Å². The first-order chi connectivity index (χ1) is 5.81. The van der Waals surface area contributed by atoms with Crippen molar-refractivity contribution in [1.82, 2.24) is 5.16 Å². The molecule has 0 fully saturated rings. The fourth-order valence-electron chi connectivity index (χ4n) is 0.983. The van der Waals surface area contributed by atoms with Gasteiger partial charge in [0.1, 0.15) is 0 Å². The molecule has 0 atom stereocenters. The Morgan fingerprint density at radius 1 is 1.58 bits per heavy atom. The molecule has 0 saturated heterocycles. The minimum atomic E-state index is 0.402. The number of benzene rings is 1. The van der Waals surface area contributed by atoms with Crippen molar-refractivity contribution in [2.75, 3.05) is 6.26 Å². The van der Waals surface area contributed by atoms with Crippen LogP contribution >= 0.6 is 11.8 Å². The van der Waals surface area contributed by atoms with Crippen molar-refractivity contribution in [2.45, 2.75) is 4.90 Å². The first-order valence-corrected chi connectivity index (χ1v) is 4.57. The zero-order valence-electron chi connectivity index (χ0n) is 6.35. The molecule has 0 aliphatic heterocycles. The summed E-state index contributed by atoms with van der Waals surface area (Å²) >= 11 is 1.60. The summed E-state index contributed by atoms with van der Waals surface area (Å²) in [7, 11) is 0. The van der Waals surface area contributed by atoms with Crippen LogP contribution in [0.3, 0.4) is 0 Å². The number of hydrogen-bond acceptors (Lipinski definition) is 4. The molecule has 0 aliphatic carbocycles. The van der Waals surface area contributed by atoms with Gasteiger partial charge in [-0.15, -0.1) is 11.8 Å². The smallest absolute Gasteiger partial charge is 0.249 e. The summed E-state index contributed by atoms with van der Waals surface area (Å²) in [5.74, 6) is 0. The van der Waals surface area contributed by atoms with Crippen LogP contribution in [0.25, 0.3) is 11.0 Å². The third-order valence-electron chi connectivity index (χ3n) is 1.59. The van der Waals surface area contributed by atoms with E-state index in [0.29, 0.717) is 15.9 Å². The molecule has 0 amide bonds. The van der Waals surface area contributed by atoms with Crippen LogP contribution in [0.2, 0.25) is 0 Å². The summed E-state index contributed by atoms with van der Waals surface area (Å²) in [5.41, 5.74) is 1.06. The molecular weight excluding hydrogens is 176 g/mol. The minimum absolute atomic E-state index is 0.402. The summed E-state index contributed by atoms with van der Waals surface area (Å²) in [6, 6.07) is 5.38. The lowest BCUT2D eigenvalue weighted by Gasteiger charge is -1.90. The third-order valence-corrected chi connectivity index (χ3v) is 2.32. The quantitative estimate of drug-likeness (QED) is 0.491. The van der Waals surface area contributed by atoms with E-state index in [1.807, 2.05) is 18.4 Å². The Hall–Kier alpha value is -1.23. The van der Waals surface area contributed by atoms with Crippen molar-refractivity contribution in [3.63, 3.8) is 0 Å². The number of nitrogens with zero attached hydrogens (tertiary/aromatic N) is 2. The molecule has 1 heterocycles. The average Bonchev–Trinajstić information content (AvgIpc) is 2.47. The molecule has 4 nitrogen and oxygen atoms in total. The van der Waals surface area contributed by atoms with E-state index in [-0.39, 0.29) is 0 Å². The average molecular weight is 182 g/mol. The van der Waals surface area contributed by atoms with Gasteiger partial charge >= 0.3 is 0 Å². The Balaban J connectivity index is 2.69. The normalized spacial score (nSPS) is 10.8. The van der Waals surface area contributed by atoms with Gasteiger partial charge in [-0.05, 0) is 23.3 Å². The van der Waals surface area contributed by atoms with Gasteiger partial charge in [-0.2, -0.15) is 0 Å². The molecule has 0 radical (unpaired) electrons. The molecule has 0 spiro atoms. The molecule has 0 unspecified atom stereocenters. The maximum atomic E-state index is 10.9. The SMILES string of the molecule is CSc1ccc2c(c1)no[n+]2[O-]. The highest BCUT2D eigenvalue weighted by Gasteiger charge is 2.08. The Labute approximate surface area is 72.7 Å². The van der Waals surface area contributed by atoms with Gasteiger partial charge in [-0.25, -0.2) is 0 Å². The minimum Gasteiger partial charge on any atom is -0.359 e. The van der Waals surface area contributed by atoms with Crippen LogP contribution in [0, 0.1) is 5.21 Å². The summed E-state index contributed by atoms with van der Waals surface area (Å²) in [6.45, 7) is 0. The van der Waals surface area contributed by atoms with Gasteiger partial charge in [0.25, 0.3) is 0 Å². The van der Waals surface area contributed by atoms with E-state index in [1.165, 1.54) is 0 Å². The predicted octanol–water partition coefficient (Wildman–Crippen LogP) is 1.18. The molecule has 0 saturated carbocycles. The Bertz CT molecular complexity index is 413. The Kier molecular flexibility index (Phi) is 1.65. The van der Waals surface area contributed by atoms with E-state index >= 15 is 0 Å². The lowest BCUT2D eigenvalue weighted by Crippen LogP contribution is -2.22. The number of fused-ring (bicyclic) bond motifs is 1. The molecular formula is C7H6N2O2S. The first kappa shape index (κ1) is 7.42. The van der Waals surface area contributed by atoms with Gasteiger partial charge in [0, 0.05) is 16.1 Å². The maximum absolute atomic E-state index is 10.9. The number of aromatic nitrogens is 2. The molecule has 0 N–H and O–H groups in total. The largest absolute Gasteiger partial charge is 0.359 e. The summed E-state index contributed by atoms with van der Waals surface area (Å²) < 4.78 is 4.42. The van der Waals surface area contributed by atoms with Crippen LogP contribution in [0.1, 0.15) is 0 Å². The molecule has 5 heteroatoms. The molecule has 0 aliphatic rings. The summed E-state index contributed by atoms with van der Waals surface area (Å²) in [5, 5.41) is 14.4. The standard InChI is InChI=1S/C7H6N2O2S/c1-12-5-2-3-7-6(4-5)8-11-9(7)10/h2-4H,1H3. The highest BCUT2D eigenvalue weighted by molar-refractivity contribution is 7.98. The van der Waals surface area contributed by atoms with E-state index in [9.17, 15) is 5.21 Å².